The summed E-state index contributed by atoms with van der Waals surface area (Å²) in [4.78, 5) is 39.2. The number of pyridine rings is 1. The van der Waals surface area contributed by atoms with Gasteiger partial charge in [0.05, 0.1) is 12.5 Å². The Hall–Kier alpha value is -3.04. The summed E-state index contributed by atoms with van der Waals surface area (Å²) in [5.74, 6) is 0.390. The van der Waals surface area contributed by atoms with E-state index in [0.29, 0.717) is 30.0 Å². The molecule has 0 aliphatic carbocycles. The van der Waals surface area contributed by atoms with Gasteiger partial charge in [-0.1, -0.05) is 15.9 Å². The van der Waals surface area contributed by atoms with Crippen LogP contribution in [0.5, 0.6) is 0 Å². The van der Waals surface area contributed by atoms with Gasteiger partial charge in [0.25, 0.3) is 5.56 Å². The zero-order valence-electron chi connectivity index (χ0n) is 16.6. The van der Waals surface area contributed by atoms with Crippen LogP contribution in [0.2, 0.25) is 0 Å². The lowest BCUT2D eigenvalue weighted by Gasteiger charge is -2.25. The van der Waals surface area contributed by atoms with Crippen molar-refractivity contribution in [3.63, 3.8) is 0 Å². The number of aromatic amines is 1. The summed E-state index contributed by atoms with van der Waals surface area (Å²) in [5.41, 5.74) is 1.88. The Morgan fingerprint density at radius 1 is 1.23 bits per heavy atom. The highest BCUT2D eigenvalue weighted by atomic mass is 79.9. The van der Waals surface area contributed by atoms with E-state index in [1.165, 1.54) is 0 Å². The van der Waals surface area contributed by atoms with Crippen molar-refractivity contribution in [2.75, 3.05) is 13.1 Å². The lowest BCUT2D eigenvalue weighted by Crippen LogP contribution is -2.37. The number of aromatic nitrogens is 3. The molecule has 1 aliphatic rings. The fourth-order valence-electron chi connectivity index (χ4n) is 3.97. The maximum Gasteiger partial charge on any atom is 0.294 e. The van der Waals surface area contributed by atoms with Crippen LogP contribution in [0, 0.1) is 5.92 Å². The van der Waals surface area contributed by atoms with Gasteiger partial charge in [-0.25, -0.2) is 4.98 Å². The van der Waals surface area contributed by atoms with Gasteiger partial charge < -0.3 is 19.6 Å². The van der Waals surface area contributed by atoms with E-state index < -0.39 is 0 Å². The average molecular weight is 482 g/mol. The van der Waals surface area contributed by atoms with Crippen LogP contribution >= 0.6 is 15.9 Å². The number of hydrogen-bond donors (Lipinski definition) is 2. The molecule has 4 aromatic rings. The number of nitrogens with zero attached hydrogens (tertiary/aromatic N) is 3. The molecule has 0 bridgehead atoms. The average Bonchev–Trinajstić information content (AvgIpc) is 3.42. The first kappa shape index (κ1) is 19.9. The monoisotopic (exact) mass is 481 g/mol. The highest BCUT2D eigenvalue weighted by molar-refractivity contribution is 9.10. The molecule has 1 aliphatic heterocycles. The number of carbonyl (C=O) groups excluding carboxylic acids is 1. The molecule has 0 radical (unpaired) electrons. The third-order valence-electron chi connectivity index (χ3n) is 5.52. The summed E-state index contributed by atoms with van der Waals surface area (Å²) in [6.45, 7) is 2.10. The second-order valence-corrected chi connectivity index (χ2v) is 8.59. The summed E-state index contributed by atoms with van der Waals surface area (Å²) in [7, 11) is 0. The predicted octanol–water partition coefficient (Wildman–Crippen LogP) is 2.97. The zero-order chi connectivity index (χ0) is 21.4. The Balaban J connectivity index is 1.53. The van der Waals surface area contributed by atoms with Gasteiger partial charge in [-0.05, 0) is 48.9 Å². The van der Waals surface area contributed by atoms with Crippen LogP contribution in [0.4, 0.5) is 0 Å². The van der Waals surface area contributed by atoms with Gasteiger partial charge in [0.15, 0.2) is 0 Å². The van der Waals surface area contributed by atoms with Gasteiger partial charge in [-0.3, -0.25) is 14.6 Å². The van der Waals surface area contributed by atoms with Crippen molar-refractivity contribution in [1.29, 1.82) is 0 Å². The van der Waals surface area contributed by atoms with Crippen molar-refractivity contribution in [2.45, 2.75) is 19.5 Å². The molecule has 2 N–H and O–H groups in total. The molecular weight excluding hydrogens is 462 g/mol. The molecule has 1 amide bonds. The minimum Gasteiger partial charge on any atom is -0.449 e. The van der Waals surface area contributed by atoms with Gasteiger partial charge in [0, 0.05) is 35.3 Å². The number of rotatable bonds is 5. The number of halogens is 1. The van der Waals surface area contributed by atoms with Crippen LogP contribution in [-0.2, 0) is 17.9 Å². The zero-order valence-corrected chi connectivity index (χ0v) is 18.2. The molecule has 0 spiro atoms. The molecule has 3 aromatic heterocycles. The Bertz CT molecular complexity index is 1310. The number of fused-ring (bicyclic) bond motifs is 3. The van der Waals surface area contributed by atoms with Crippen LogP contribution in [0.1, 0.15) is 17.8 Å². The third kappa shape index (κ3) is 3.98. The maximum atomic E-state index is 13.2. The molecule has 1 unspecified atom stereocenters. The van der Waals surface area contributed by atoms with Crippen LogP contribution in [0.3, 0.4) is 0 Å². The Kier molecular flexibility index (Phi) is 5.29. The molecule has 4 heterocycles. The first-order valence-electron chi connectivity index (χ1n) is 10.1. The normalized spacial score (nSPS) is 16.2. The number of furan rings is 1. The number of carbonyl (C=O) groups is 1. The van der Waals surface area contributed by atoms with Crippen LogP contribution < -0.4 is 10.9 Å². The van der Waals surface area contributed by atoms with Crippen molar-refractivity contribution >= 4 is 43.9 Å². The fourth-order valence-corrected chi connectivity index (χ4v) is 4.33. The Labute approximate surface area is 185 Å². The van der Waals surface area contributed by atoms with E-state index in [-0.39, 0.29) is 29.5 Å². The maximum absolute atomic E-state index is 13.2. The summed E-state index contributed by atoms with van der Waals surface area (Å²) < 4.78 is 6.57. The summed E-state index contributed by atoms with van der Waals surface area (Å²) in [6.07, 6.45) is 4.21. The molecule has 1 atom stereocenters. The summed E-state index contributed by atoms with van der Waals surface area (Å²) >= 11 is 3.45. The minimum atomic E-state index is -0.355. The smallest absolute Gasteiger partial charge is 0.294 e. The molecule has 158 valence electrons. The molecule has 1 fully saturated rings. The van der Waals surface area contributed by atoms with Crippen LogP contribution in [0.25, 0.3) is 22.1 Å². The number of benzene rings is 1. The highest BCUT2D eigenvalue weighted by Gasteiger charge is 2.28. The Morgan fingerprint density at radius 2 is 2.06 bits per heavy atom. The molecule has 1 saturated heterocycles. The van der Waals surface area contributed by atoms with Gasteiger partial charge >= 0.3 is 0 Å². The third-order valence-corrected chi connectivity index (χ3v) is 6.01. The van der Waals surface area contributed by atoms with Gasteiger partial charge in [-0.2, -0.15) is 0 Å². The lowest BCUT2D eigenvalue weighted by atomic mass is 10.1. The topological polar surface area (TPSA) is 104 Å². The standard InChI is InChI=1S/C22H20BrN5O3/c23-15-1-2-17-16(9-15)19-20(31-17)21(29)27-18(26-19)12-28(11-13-3-6-24-7-4-13)22(30)14-5-8-25-10-14/h1-4,6-7,9,14,25H,5,8,10-12H2,(H,26,27,29). The van der Waals surface area contributed by atoms with Crippen molar-refractivity contribution < 1.29 is 9.21 Å². The summed E-state index contributed by atoms with van der Waals surface area (Å²) in [5, 5.41) is 4.00. The van der Waals surface area contributed by atoms with Crippen molar-refractivity contribution in [2.24, 2.45) is 5.92 Å². The number of nitrogens with one attached hydrogen (secondary N) is 2. The highest BCUT2D eigenvalue weighted by Crippen LogP contribution is 2.28. The summed E-state index contributed by atoms with van der Waals surface area (Å²) in [6, 6.07) is 9.29. The minimum absolute atomic E-state index is 0.0457. The molecule has 1 aromatic carbocycles. The van der Waals surface area contributed by atoms with Crippen molar-refractivity contribution in [3.05, 3.63) is 68.9 Å². The van der Waals surface area contributed by atoms with Crippen molar-refractivity contribution in [3.8, 4) is 0 Å². The number of hydrogen-bond acceptors (Lipinski definition) is 6. The molecule has 8 nitrogen and oxygen atoms in total. The molecule has 5 rings (SSSR count). The van der Waals surface area contributed by atoms with Gasteiger partial charge in [0.2, 0.25) is 11.5 Å². The van der Waals surface area contributed by atoms with E-state index in [0.717, 1.165) is 28.4 Å². The second-order valence-electron chi connectivity index (χ2n) is 7.67. The number of amides is 1. The van der Waals surface area contributed by atoms with Crippen LogP contribution in [0.15, 0.2) is 56.4 Å². The first-order valence-corrected chi connectivity index (χ1v) is 10.9. The lowest BCUT2D eigenvalue weighted by molar-refractivity contribution is -0.136. The number of H-pyrrole nitrogens is 1. The predicted molar refractivity (Wildman–Crippen MR) is 119 cm³/mol. The fraction of sp³-hybridized carbons (Fsp3) is 0.273. The van der Waals surface area contributed by atoms with Gasteiger partial charge in [0.1, 0.15) is 16.9 Å². The van der Waals surface area contributed by atoms with E-state index in [4.69, 9.17) is 4.42 Å². The van der Waals surface area contributed by atoms with E-state index in [9.17, 15) is 9.59 Å². The van der Waals surface area contributed by atoms with Crippen molar-refractivity contribution in [1.82, 2.24) is 25.2 Å². The van der Waals surface area contributed by atoms with Crippen LogP contribution in [-0.4, -0.2) is 38.8 Å². The largest absolute Gasteiger partial charge is 0.449 e. The molecule has 9 heteroatoms. The Morgan fingerprint density at radius 3 is 2.84 bits per heavy atom. The SMILES string of the molecule is O=C(C1CCNC1)N(Cc1ccncc1)Cc1nc2c(oc3ccc(Br)cc32)c(=O)[nH]1. The molecular formula is C22H20BrN5O3. The second kappa shape index (κ2) is 8.24. The van der Waals surface area contributed by atoms with E-state index in [1.54, 1.807) is 23.4 Å². The molecule has 0 saturated carbocycles. The van der Waals surface area contributed by atoms with Gasteiger partial charge in [-0.15, -0.1) is 0 Å². The van der Waals surface area contributed by atoms with E-state index in [2.05, 4.69) is 36.2 Å². The first-order chi connectivity index (χ1) is 15.1. The quantitative estimate of drug-likeness (QED) is 0.454. The van der Waals surface area contributed by atoms with E-state index in [1.807, 2.05) is 24.3 Å². The molecule has 31 heavy (non-hydrogen) atoms. The van der Waals surface area contributed by atoms with E-state index >= 15 is 0 Å².